The van der Waals surface area contributed by atoms with Gasteiger partial charge in [0.25, 0.3) is 0 Å². The van der Waals surface area contributed by atoms with E-state index < -0.39 is 37.6 Å². The molecule has 1 N–H and O–H groups in total. The summed E-state index contributed by atoms with van der Waals surface area (Å²) >= 11 is 12.7. The molecule has 1 heterocycles. The smallest absolute Gasteiger partial charge is 0.748 e. The number of nitrogens with zero attached hydrogens (tertiary/aromatic N) is 6. The van der Waals surface area contributed by atoms with Gasteiger partial charge in [0.1, 0.15) is 23.0 Å². The minimum absolute atomic E-state index is 0. The van der Waals surface area contributed by atoms with Gasteiger partial charge in [0.2, 0.25) is 5.91 Å². The molecule has 3 rings (SSSR count). The zero-order valence-electron chi connectivity index (χ0n) is 25.3. The van der Waals surface area contributed by atoms with Crippen molar-refractivity contribution >= 4 is 72.2 Å². The third-order valence-corrected chi connectivity index (χ3v) is 8.25. The van der Waals surface area contributed by atoms with E-state index in [1.165, 1.54) is 17.8 Å². The number of para-hydroxylation sites is 1. The quantitative estimate of drug-likeness (QED) is 0.0854. The molecule has 0 aliphatic heterocycles. The molecule has 0 radical (unpaired) electrons. The summed E-state index contributed by atoms with van der Waals surface area (Å²) in [5.41, 5.74) is 1.38. The fourth-order valence-electron chi connectivity index (χ4n) is 4.10. The Morgan fingerprint density at radius 3 is 2.04 bits per heavy atom. The Kier molecular flexibility index (Phi) is 19.4. The number of nitriles is 1. The molecule has 46 heavy (non-hydrogen) atoms. The van der Waals surface area contributed by atoms with Crippen LogP contribution in [0.15, 0.2) is 52.8 Å². The second-order valence-corrected chi connectivity index (χ2v) is 13.3. The summed E-state index contributed by atoms with van der Waals surface area (Å²) in [4.78, 5) is 13.9. The van der Waals surface area contributed by atoms with Gasteiger partial charge in [0.15, 0.2) is 5.82 Å². The largest absolute Gasteiger partial charge is 1.00 e. The summed E-state index contributed by atoms with van der Waals surface area (Å²) in [6, 6.07) is 11.6. The first kappa shape index (κ1) is 43.7. The molecular formula is C26H27Cl2K2N7O7S2. The molecule has 0 fully saturated rings. The number of carbonyl (C=O) groups excluding carboxylic acids is 1. The van der Waals surface area contributed by atoms with Gasteiger partial charge in [0, 0.05) is 37.2 Å². The number of benzene rings is 2. The first-order chi connectivity index (χ1) is 20.7. The van der Waals surface area contributed by atoms with Crippen molar-refractivity contribution in [3.05, 3.63) is 58.2 Å². The summed E-state index contributed by atoms with van der Waals surface area (Å²) in [5, 5.41) is 25.5. The summed E-state index contributed by atoms with van der Waals surface area (Å²) in [7, 11) is -8.77. The third-order valence-electron chi connectivity index (χ3n) is 6.07. The Morgan fingerprint density at radius 1 is 0.978 bits per heavy atom. The number of hydrogen-bond acceptors (Lipinski definition) is 12. The zero-order valence-corrected chi connectivity index (χ0v) is 34.7. The van der Waals surface area contributed by atoms with Crippen molar-refractivity contribution in [1.82, 2.24) is 9.78 Å². The van der Waals surface area contributed by atoms with Crippen LogP contribution >= 0.6 is 23.2 Å². The molecule has 0 aliphatic rings. The molecule has 236 valence electrons. The van der Waals surface area contributed by atoms with E-state index in [4.69, 9.17) is 23.2 Å². The number of halogens is 2. The van der Waals surface area contributed by atoms with Gasteiger partial charge in [-0.2, -0.15) is 10.4 Å². The fraction of sp³-hybridized carbons (Fsp3) is 0.346. The van der Waals surface area contributed by atoms with Crippen molar-refractivity contribution in [2.45, 2.75) is 32.6 Å². The van der Waals surface area contributed by atoms with E-state index in [0.717, 1.165) is 0 Å². The predicted octanol–water partition coefficient (Wildman–Crippen LogP) is -1.11. The predicted molar refractivity (Wildman–Crippen MR) is 163 cm³/mol. The van der Waals surface area contributed by atoms with Gasteiger partial charge in [-0.25, -0.2) is 21.5 Å². The summed E-state index contributed by atoms with van der Waals surface area (Å²) in [6.07, 6.45) is 2.13. The number of hydrogen-bond donors (Lipinski definition) is 1. The number of anilines is 2. The minimum Gasteiger partial charge on any atom is -0.748 e. The number of nitrogens with one attached hydrogen (secondary N) is 1. The molecule has 1 aromatic heterocycles. The molecule has 0 saturated carbocycles. The van der Waals surface area contributed by atoms with Crippen LogP contribution in [0.25, 0.3) is 5.69 Å². The maximum Gasteiger partial charge on any atom is 1.00 e. The van der Waals surface area contributed by atoms with Gasteiger partial charge in [0.05, 0.1) is 42.2 Å². The molecular weight excluding hydrogens is 736 g/mol. The van der Waals surface area contributed by atoms with Gasteiger partial charge in [-0.05, 0) is 56.0 Å². The van der Waals surface area contributed by atoms with Crippen LogP contribution in [-0.2, 0) is 25.0 Å². The van der Waals surface area contributed by atoms with Gasteiger partial charge >= 0.3 is 103 Å². The molecule has 0 aliphatic carbocycles. The van der Waals surface area contributed by atoms with Crippen LogP contribution in [0.1, 0.15) is 38.2 Å². The second kappa shape index (κ2) is 20.4. The second-order valence-electron chi connectivity index (χ2n) is 9.48. The van der Waals surface area contributed by atoms with E-state index in [-0.39, 0.29) is 154 Å². The normalized spacial score (nSPS) is 11.4. The first-order valence-corrected chi connectivity index (χ1v) is 17.0. The zero-order chi connectivity index (χ0) is 32.5. The number of amides is 1. The van der Waals surface area contributed by atoms with Gasteiger partial charge in [-0.15, -0.1) is 10.2 Å². The topological polar surface area (TPSA) is 213 Å². The van der Waals surface area contributed by atoms with Gasteiger partial charge in [-0.1, -0.05) is 29.3 Å². The average Bonchev–Trinajstić information content (AvgIpc) is 3.32. The average molecular weight is 763 g/mol. The van der Waals surface area contributed by atoms with E-state index in [0.29, 0.717) is 31.6 Å². The SMILES string of the molecule is CC(=O)Nc1cc(N(CCCCS(=O)(=O)[O-])CCCCS(=O)(=O)[O-])ccc1N=Nc1c(C#N)cnn1-c1c(Cl)cccc1Cl.[K+].[K+]. The van der Waals surface area contributed by atoms with Crippen molar-refractivity contribution < 1.29 is 134 Å². The molecule has 0 atom stereocenters. The fourth-order valence-corrected chi connectivity index (χ4v) is 5.78. The van der Waals surface area contributed by atoms with Gasteiger partial charge < -0.3 is 19.3 Å². The Hall–Kier alpha value is -0.317. The number of unbranched alkanes of at least 4 members (excludes halogenated alkanes) is 2. The molecule has 0 unspecified atom stereocenters. The molecule has 0 saturated heterocycles. The monoisotopic (exact) mass is 761 g/mol. The van der Waals surface area contributed by atoms with Crippen LogP contribution in [0.3, 0.4) is 0 Å². The van der Waals surface area contributed by atoms with Crippen molar-refractivity contribution in [3.8, 4) is 11.8 Å². The van der Waals surface area contributed by atoms with E-state index >= 15 is 0 Å². The molecule has 14 nitrogen and oxygen atoms in total. The van der Waals surface area contributed by atoms with E-state index in [2.05, 4.69) is 20.6 Å². The van der Waals surface area contributed by atoms with Crippen molar-refractivity contribution in [2.75, 3.05) is 34.8 Å². The van der Waals surface area contributed by atoms with Gasteiger partial charge in [-0.3, -0.25) is 4.79 Å². The van der Waals surface area contributed by atoms with Crippen LogP contribution in [0, 0.1) is 11.3 Å². The number of rotatable bonds is 15. The standard InChI is InChI=1S/C26H29Cl2N7O7S2.2K/c1-18(36)31-24-15-20(34(11-2-4-13-43(37,38)39)12-3-5-14-44(40,41)42)9-10-23(24)32-33-26-19(16-29)17-30-35(26)25-21(27)7-6-8-22(25)28;;/h6-10,15,17H,2-5,11-14H2,1H3,(H,31,36)(H,37,38,39)(H,40,41,42);;/q;2*+1/p-2. The maximum absolute atomic E-state index is 12.0. The molecule has 0 bridgehead atoms. The molecule has 0 spiro atoms. The molecule has 3 aromatic rings. The molecule has 2 aromatic carbocycles. The van der Waals surface area contributed by atoms with Crippen molar-refractivity contribution in [2.24, 2.45) is 10.2 Å². The van der Waals surface area contributed by atoms with E-state index in [1.807, 2.05) is 11.0 Å². The number of aromatic nitrogens is 2. The Bertz CT molecular complexity index is 1740. The maximum atomic E-state index is 12.0. The Morgan fingerprint density at radius 2 is 1.54 bits per heavy atom. The number of carbonyl (C=O) groups is 1. The van der Waals surface area contributed by atoms with Crippen LogP contribution in [0.2, 0.25) is 10.0 Å². The summed E-state index contributed by atoms with van der Waals surface area (Å²) in [5.74, 6) is -1.46. The molecule has 1 amide bonds. The first-order valence-electron chi connectivity index (χ1n) is 13.1. The summed E-state index contributed by atoms with van der Waals surface area (Å²) in [6.45, 7) is 1.88. The third kappa shape index (κ3) is 14.3. The van der Waals surface area contributed by atoms with Crippen LogP contribution in [0.5, 0.6) is 0 Å². The van der Waals surface area contributed by atoms with E-state index in [9.17, 15) is 36.0 Å². The van der Waals surface area contributed by atoms with Crippen LogP contribution < -0.4 is 113 Å². The van der Waals surface area contributed by atoms with Crippen molar-refractivity contribution in [3.63, 3.8) is 0 Å². The van der Waals surface area contributed by atoms with E-state index in [1.54, 1.807) is 36.4 Å². The Labute approximate surface area is 362 Å². The minimum atomic E-state index is -4.39. The number of azo groups is 1. The molecule has 20 heteroatoms. The van der Waals surface area contributed by atoms with Crippen LogP contribution in [-0.4, -0.2) is 66.2 Å². The Balaban J connectivity index is 0.00000529. The van der Waals surface area contributed by atoms with Crippen LogP contribution in [0.4, 0.5) is 22.9 Å². The summed E-state index contributed by atoms with van der Waals surface area (Å²) < 4.78 is 67.3. The van der Waals surface area contributed by atoms with Crippen molar-refractivity contribution in [1.29, 1.82) is 5.26 Å².